The predicted molar refractivity (Wildman–Crippen MR) is 109 cm³/mol. The third-order valence-electron chi connectivity index (χ3n) is 4.24. The van der Waals surface area contributed by atoms with Crippen molar-refractivity contribution in [2.75, 3.05) is 0 Å². The number of halogens is 1. The molecule has 2 aromatic heterocycles. The Balaban J connectivity index is 1.93. The van der Waals surface area contributed by atoms with Crippen LogP contribution in [0, 0.1) is 0 Å². The molecular formula is C21H16ClN3OS. The number of carbonyl (C=O) groups is 1. The van der Waals surface area contributed by atoms with E-state index < -0.39 is 5.91 Å². The first-order valence-electron chi connectivity index (χ1n) is 8.37. The van der Waals surface area contributed by atoms with Crippen molar-refractivity contribution in [3.63, 3.8) is 0 Å². The molecule has 4 nitrogen and oxygen atoms in total. The van der Waals surface area contributed by atoms with E-state index in [0.717, 1.165) is 26.3 Å². The fraction of sp³-hybridized carbons (Fsp3) is 0.0476. The summed E-state index contributed by atoms with van der Waals surface area (Å²) in [6.07, 6.45) is 3.51. The zero-order chi connectivity index (χ0) is 18.8. The zero-order valence-corrected chi connectivity index (χ0v) is 15.9. The second-order valence-electron chi connectivity index (χ2n) is 6.07. The van der Waals surface area contributed by atoms with Gasteiger partial charge in [-0.2, -0.15) is 0 Å². The summed E-state index contributed by atoms with van der Waals surface area (Å²) in [6, 6.07) is 19.4. The topological polar surface area (TPSA) is 60.9 Å². The molecular weight excluding hydrogens is 378 g/mol. The Kier molecular flexibility index (Phi) is 4.88. The summed E-state index contributed by atoms with van der Waals surface area (Å²) >= 11 is 7.77. The van der Waals surface area contributed by atoms with Crippen LogP contribution < -0.4 is 5.73 Å². The molecule has 1 amide bonds. The number of carbonyl (C=O) groups excluding carboxylic acids is 1. The van der Waals surface area contributed by atoms with Crippen molar-refractivity contribution >= 4 is 40.2 Å². The number of amides is 1. The van der Waals surface area contributed by atoms with E-state index in [9.17, 15) is 4.79 Å². The van der Waals surface area contributed by atoms with Gasteiger partial charge in [-0.15, -0.1) is 0 Å². The molecule has 0 atom stereocenters. The normalized spacial score (nSPS) is 11.0. The van der Waals surface area contributed by atoms with Gasteiger partial charge in [-0.1, -0.05) is 47.6 Å². The maximum Gasteiger partial charge on any atom is 0.266 e. The lowest BCUT2D eigenvalue weighted by Gasteiger charge is -2.09. The highest BCUT2D eigenvalue weighted by molar-refractivity contribution is 7.99. The van der Waals surface area contributed by atoms with Gasteiger partial charge in [-0.25, -0.2) is 0 Å². The number of nitrogens with zero attached hydrogens (tertiary/aromatic N) is 2. The zero-order valence-electron chi connectivity index (χ0n) is 14.3. The summed E-state index contributed by atoms with van der Waals surface area (Å²) < 4.78 is 1.94. The maximum absolute atomic E-state index is 12.4. The molecule has 0 aliphatic carbocycles. The molecule has 27 heavy (non-hydrogen) atoms. The Morgan fingerprint density at radius 2 is 1.93 bits per heavy atom. The first-order chi connectivity index (χ1) is 13.1. The monoisotopic (exact) mass is 393 g/mol. The van der Waals surface area contributed by atoms with Crippen LogP contribution >= 0.6 is 23.4 Å². The molecule has 0 bridgehead atoms. The van der Waals surface area contributed by atoms with Crippen molar-refractivity contribution in [2.24, 2.45) is 5.73 Å². The minimum atomic E-state index is -0.468. The number of nitrogens with two attached hydrogens (primary N) is 1. The Labute approximate surface area is 166 Å². The number of pyridine rings is 1. The van der Waals surface area contributed by atoms with Crippen LogP contribution in [-0.2, 0) is 6.54 Å². The van der Waals surface area contributed by atoms with Crippen molar-refractivity contribution in [1.29, 1.82) is 0 Å². The lowest BCUT2D eigenvalue weighted by atomic mass is 10.2. The van der Waals surface area contributed by atoms with Crippen LogP contribution in [0.3, 0.4) is 0 Å². The molecule has 4 rings (SSSR count). The van der Waals surface area contributed by atoms with E-state index in [1.807, 2.05) is 65.2 Å². The van der Waals surface area contributed by atoms with Crippen LogP contribution in [0.25, 0.3) is 10.9 Å². The number of hydrogen-bond acceptors (Lipinski definition) is 3. The Bertz CT molecular complexity index is 1110. The quantitative estimate of drug-likeness (QED) is 0.519. The third-order valence-corrected chi connectivity index (χ3v) is 5.60. The second-order valence-corrected chi connectivity index (χ2v) is 7.59. The van der Waals surface area contributed by atoms with E-state index in [-0.39, 0.29) is 0 Å². The number of rotatable bonds is 5. The van der Waals surface area contributed by atoms with Gasteiger partial charge in [0.2, 0.25) is 0 Å². The summed E-state index contributed by atoms with van der Waals surface area (Å²) in [7, 11) is 0. The maximum atomic E-state index is 12.4. The van der Waals surface area contributed by atoms with Gasteiger partial charge in [0.1, 0.15) is 5.69 Å². The lowest BCUT2D eigenvalue weighted by molar-refractivity contribution is 0.0989. The molecule has 0 saturated heterocycles. The van der Waals surface area contributed by atoms with E-state index in [2.05, 4.69) is 4.98 Å². The molecule has 2 N–H and O–H groups in total. The van der Waals surface area contributed by atoms with Crippen molar-refractivity contribution < 1.29 is 4.79 Å². The minimum absolute atomic E-state index is 0.468. The number of fused-ring (bicyclic) bond motifs is 1. The fourth-order valence-electron chi connectivity index (χ4n) is 3.09. The molecule has 0 spiro atoms. The molecule has 0 unspecified atom stereocenters. The van der Waals surface area contributed by atoms with Crippen LogP contribution in [0.4, 0.5) is 0 Å². The van der Waals surface area contributed by atoms with Crippen molar-refractivity contribution in [1.82, 2.24) is 9.55 Å². The van der Waals surface area contributed by atoms with Gasteiger partial charge in [-0.3, -0.25) is 9.78 Å². The standard InChI is InChI=1S/C21H16ClN3OS/c22-15-8-9-18-17(11-15)20(27-16-6-2-1-3-7-16)19(21(23)26)25(18)13-14-5-4-10-24-12-14/h1-12H,13H2,(H2,23,26). The average molecular weight is 394 g/mol. The minimum Gasteiger partial charge on any atom is -0.364 e. The molecule has 2 heterocycles. The molecule has 2 aromatic carbocycles. The average Bonchev–Trinajstić information content (AvgIpc) is 2.96. The van der Waals surface area contributed by atoms with Crippen LogP contribution in [-0.4, -0.2) is 15.5 Å². The summed E-state index contributed by atoms with van der Waals surface area (Å²) in [5.41, 5.74) is 8.18. The Morgan fingerprint density at radius 1 is 1.11 bits per heavy atom. The van der Waals surface area contributed by atoms with Crippen LogP contribution in [0.5, 0.6) is 0 Å². The van der Waals surface area contributed by atoms with Gasteiger partial charge < -0.3 is 10.3 Å². The fourth-order valence-corrected chi connectivity index (χ4v) is 4.37. The van der Waals surface area contributed by atoms with Gasteiger partial charge in [0.05, 0.1) is 10.4 Å². The third kappa shape index (κ3) is 3.56. The molecule has 0 saturated carbocycles. The van der Waals surface area contributed by atoms with Crippen molar-refractivity contribution in [2.45, 2.75) is 16.3 Å². The Hall–Kier alpha value is -2.76. The van der Waals surface area contributed by atoms with Gasteiger partial charge in [0, 0.05) is 34.2 Å². The predicted octanol–water partition coefficient (Wildman–Crippen LogP) is 4.99. The van der Waals surface area contributed by atoms with Gasteiger partial charge in [0.15, 0.2) is 0 Å². The molecule has 4 aromatic rings. The largest absolute Gasteiger partial charge is 0.364 e. The van der Waals surface area contributed by atoms with Gasteiger partial charge >= 0.3 is 0 Å². The first kappa shape index (κ1) is 17.6. The first-order valence-corrected chi connectivity index (χ1v) is 9.56. The van der Waals surface area contributed by atoms with E-state index >= 15 is 0 Å². The number of aromatic nitrogens is 2. The van der Waals surface area contributed by atoms with E-state index in [1.54, 1.807) is 12.4 Å². The molecule has 0 aliphatic heterocycles. The Morgan fingerprint density at radius 3 is 2.63 bits per heavy atom. The number of hydrogen-bond donors (Lipinski definition) is 1. The summed E-state index contributed by atoms with van der Waals surface area (Å²) in [6.45, 7) is 0.500. The SMILES string of the molecule is NC(=O)c1c(Sc2ccccc2)c2cc(Cl)ccc2n1Cc1cccnc1. The number of benzene rings is 2. The highest BCUT2D eigenvalue weighted by Gasteiger charge is 2.22. The summed E-state index contributed by atoms with van der Waals surface area (Å²) in [5, 5.41) is 1.53. The highest BCUT2D eigenvalue weighted by atomic mass is 35.5. The smallest absolute Gasteiger partial charge is 0.266 e. The van der Waals surface area contributed by atoms with Crippen molar-refractivity contribution in [3.8, 4) is 0 Å². The van der Waals surface area contributed by atoms with E-state index in [1.165, 1.54) is 11.8 Å². The van der Waals surface area contributed by atoms with Crippen molar-refractivity contribution in [3.05, 3.63) is 89.3 Å². The lowest BCUT2D eigenvalue weighted by Crippen LogP contribution is -2.18. The van der Waals surface area contributed by atoms with Crippen LogP contribution in [0.2, 0.25) is 5.02 Å². The van der Waals surface area contributed by atoms with Crippen LogP contribution in [0.1, 0.15) is 16.1 Å². The molecule has 6 heteroatoms. The molecule has 0 radical (unpaired) electrons. The van der Waals surface area contributed by atoms with Crippen LogP contribution in [0.15, 0.2) is 82.8 Å². The summed E-state index contributed by atoms with van der Waals surface area (Å²) in [4.78, 5) is 18.4. The molecule has 0 aliphatic rings. The molecule has 134 valence electrons. The van der Waals surface area contributed by atoms with E-state index in [4.69, 9.17) is 17.3 Å². The van der Waals surface area contributed by atoms with E-state index in [0.29, 0.717) is 17.3 Å². The highest BCUT2D eigenvalue weighted by Crippen LogP contribution is 2.39. The summed E-state index contributed by atoms with van der Waals surface area (Å²) in [5.74, 6) is -0.468. The van der Waals surface area contributed by atoms with Gasteiger partial charge in [0.25, 0.3) is 5.91 Å². The number of primary amides is 1. The second kappa shape index (κ2) is 7.47. The molecule has 0 fully saturated rings. The van der Waals surface area contributed by atoms with Gasteiger partial charge in [-0.05, 0) is 42.0 Å².